The van der Waals surface area contributed by atoms with Crippen LogP contribution in [0.2, 0.25) is 0 Å². The fourth-order valence-corrected chi connectivity index (χ4v) is 3.99. The first-order chi connectivity index (χ1) is 16.8. The van der Waals surface area contributed by atoms with Gasteiger partial charge < -0.3 is 26.7 Å². The van der Waals surface area contributed by atoms with Crippen LogP contribution in [0, 0.1) is 17.1 Å². The van der Waals surface area contributed by atoms with E-state index < -0.39 is 18.5 Å². The fourth-order valence-electron chi connectivity index (χ4n) is 3.99. The van der Waals surface area contributed by atoms with E-state index in [-0.39, 0.29) is 23.7 Å². The van der Waals surface area contributed by atoms with Gasteiger partial charge in [-0.3, -0.25) is 10.4 Å². The number of hydrogen-bond acceptors (Lipinski definition) is 9. The molecule has 1 aromatic carbocycles. The van der Waals surface area contributed by atoms with Crippen LogP contribution in [0.1, 0.15) is 49.0 Å². The van der Waals surface area contributed by atoms with E-state index in [0.717, 1.165) is 12.8 Å². The summed E-state index contributed by atoms with van der Waals surface area (Å²) in [7, 11) is 1.64. The molecule has 1 unspecified atom stereocenters. The Balaban J connectivity index is 1.97. The summed E-state index contributed by atoms with van der Waals surface area (Å²) in [5.41, 5.74) is 18.8. The van der Waals surface area contributed by atoms with Gasteiger partial charge in [0.25, 0.3) is 0 Å². The summed E-state index contributed by atoms with van der Waals surface area (Å²) >= 11 is 0. The maximum atomic E-state index is 14.3. The van der Waals surface area contributed by atoms with Gasteiger partial charge in [-0.05, 0) is 49.9 Å². The number of hydrazone groups is 1. The van der Waals surface area contributed by atoms with E-state index in [0.29, 0.717) is 51.8 Å². The number of aliphatic imine (C=N–C) groups is 1. The summed E-state index contributed by atoms with van der Waals surface area (Å²) in [5.74, 6) is 0.350. The number of nitrogens with two attached hydrogens (primary N) is 2. The first-order valence-electron chi connectivity index (χ1n) is 11.5. The van der Waals surface area contributed by atoms with Crippen LogP contribution in [0.15, 0.2) is 51.8 Å². The Morgan fingerprint density at radius 1 is 1.34 bits per heavy atom. The smallest absolute Gasteiger partial charge is 0.166 e. The normalized spacial score (nSPS) is 22.2. The number of aliphatic hydroxyl groups excluding tert-OH is 1. The van der Waals surface area contributed by atoms with E-state index in [4.69, 9.17) is 26.6 Å². The number of nitrogens with zero attached hydrogens (tertiary/aromatic N) is 3. The Morgan fingerprint density at radius 3 is 2.77 bits per heavy atom. The number of fused-ring (bicyclic) bond motifs is 3. The third-order valence-corrected chi connectivity index (χ3v) is 6.07. The number of nitrogens with one attached hydrogen (secondary N) is 2. The maximum Gasteiger partial charge on any atom is 0.166 e. The number of aliphatic hydroxyl groups is 1. The van der Waals surface area contributed by atoms with Crippen molar-refractivity contribution >= 4 is 23.0 Å². The summed E-state index contributed by atoms with van der Waals surface area (Å²) in [6.07, 6.45) is 3.08. The molecule has 0 radical (unpaired) electrons. The molecule has 1 aliphatic heterocycles. The average Bonchev–Trinajstić information content (AvgIpc) is 3.66. The second-order valence-corrected chi connectivity index (χ2v) is 8.76. The molecule has 1 saturated carbocycles. The zero-order chi connectivity index (χ0) is 25.1. The van der Waals surface area contributed by atoms with E-state index in [1.165, 1.54) is 18.2 Å². The Bertz CT molecular complexity index is 1230. The third kappa shape index (κ3) is 5.32. The molecule has 1 aliphatic carbocycles. The van der Waals surface area contributed by atoms with E-state index in [9.17, 15) is 9.50 Å². The lowest BCUT2D eigenvalue weighted by Gasteiger charge is -2.24. The van der Waals surface area contributed by atoms with E-state index in [1.807, 2.05) is 0 Å². The Kier molecular flexibility index (Phi) is 7.11. The van der Waals surface area contributed by atoms with Gasteiger partial charge in [-0.25, -0.2) is 9.37 Å². The summed E-state index contributed by atoms with van der Waals surface area (Å²) in [4.78, 5) is 9.19. The highest BCUT2D eigenvalue weighted by atomic mass is 19.1. The van der Waals surface area contributed by atoms with Crippen molar-refractivity contribution < 1.29 is 14.2 Å². The second kappa shape index (κ2) is 10.2. The lowest BCUT2D eigenvalue weighted by atomic mass is 9.90. The molecule has 7 N–H and O–H groups in total. The molecule has 0 saturated heterocycles. The molecule has 4 rings (SSSR count). The van der Waals surface area contributed by atoms with E-state index in [1.54, 1.807) is 26.2 Å². The molecule has 0 amide bonds. The van der Waals surface area contributed by atoms with Gasteiger partial charge >= 0.3 is 0 Å². The van der Waals surface area contributed by atoms with Gasteiger partial charge in [-0.2, -0.15) is 5.10 Å². The molecule has 0 spiro atoms. The Morgan fingerprint density at radius 2 is 2.11 bits per heavy atom. The topological polar surface area (TPSA) is 155 Å². The van der Waals surface area contributed by atoms with Gasteiger partial charge in [0.1, 0.15) is 11.9 Å². The molecular formula is C25H30FN7O2. The zero-order valence-electron chi connectivity index (χ0n) is 19.8. The Labute approximate surface area is 203 Å². The van der Waals surface area contributed by atoms with Crippen LogP contribution in [-0.4, -0.2) is 47.4 Å². The number of rotatable bonds is 4. The van der Waals surface area contributed by atoms with Gasteiger partial charge in [-0.15, -0.1) is 0 Å². The second-order valence-electron chi connectivity index (χ2n) is 8.76. The van der Waals surface area contributed by atoms with Crippen LogP contribution < -0.4 is 21.6 Å². The van der Waals surface area contributed by atoms with Crippen molar-refractivity contribution in [2.45, 2.75) is 32.3 Å². The molecule has 1 atom stereocenters. The van der Waals surface area contributed by atoms with Crippen LogP contribution in [-0.2, 0) is 0 Å². The van der Waals surface area contributed by atoms with Crippen molar-refractivity contribution in [3.63, 3.8) is 0 Å². The van der Waals surface area contributed by atoms with E-state index >= 15 is 0 Å². The highest BCUT2D eigenvalue weighted by Crippen LogP contribution is 2.33. The highest BCUT2D eigenvalue weighted by molar-refractivity contribution is 6.48. The molecule has 2 aliphatic rings. The van der Waals surface area contributed by atoms with Crippen LogP contribution in [0.4, 0.5) is 10.2 Å². The molecule has 10 heteroatoms. The quantitative estimate of drug-likeness (QED) is 0.425. The van der Waals surface area contributed by atoms with Gasteiger partial charge in [0.15, 0.2) is 11.6 Å². The predicted molar refractivity (Wildman–Crippen MR) is 134 cm³/mol. The largest absolute Gasteiger partial charge is 0.479 e. The van der Waals surface area contributed by atoms with E-state index in [2.05, 4.69) is 15.5 Å². The van der Waals surface area contributed by atoms with Gasteiger partial charge in [0.2, 0.25) is 0 Å². The van der Waals surface area contributed by atoms with Crippen LogP contribution in [0.25, 0.3) is 0 Å². The first kappa shape index (κ1) is 24.3. The number of benzene rings is 1. The zero-order valence-corrected chi connectivity index (χ0v) is 19.8. The summed E-state index contributed by atoms with van der Waals surface area (Å²) < 4.78 is 20.3. The van der Waals surface area contributed by atoms with Crippen molar-refractivity contribution in [1.29, 1.82) is 5.41 Å². The van der Waals surface area contributed by atoms with Gasteiger partial charge in [-0.1, -0.05) is 0 Å². The third-order valence-electron chi connectivity index (χ3n) is 6.07. The average molecular weight is 480 g/mol. The molecule has 184 valence electrons. The number of allylic oxidation sites excluding steroid dienone is 2. The molecule has 2 bridgehead atoms. The monoisotopic (exact) mass is 479 g/mol. The molecule has 1 fully saturated rings. The van der Waals surface area contributed by atoms with Crippen molar-refractivity contribution in [3.8, 4) is 5.75 Å². The number of anilines is 1. The fraction of sp³-hybridized carbons (Fsp3) is 0.360. The Hall–Kier alpha value is -3.79. The SMILES string of the molecule is CN/N=C1/CC(=C(C)N)C(=NCC2CC2)c2cnc(N)c(c2)OC(CO)c2cc(F)ccc2C1=N. The first-order valence-corrected chi connectivity index (χ1v) is 11.5. The summed E-state index contributed by atoms with van der Waals surface area (Å²) in [5, 5.41) is 23.5. The number of nitrogen functional groups attached to an aromatic ring is 1. The van der Waals surface area contributed by atoms with Crippen molar-refractivity contribution in [2.75, 3.05) is 25.9 Å². The lowest BCUT2D eigenvalue weighted by molar-refractivity contribution is 0.116. The minimum absolute atomic E-state index is 0.0482. The molecule has 2 heterocycles. The molecule has 9 nitrogen and oxygen atoms in total. The molecule has 2 aromatic rings. The van der Waals surface area contributed by atoms with Crippen molar-refractivity contribution in [2.24, 2.45) is 21.7 Å². The van der Waals surface area contributed by atoms with Crippen LogP contribution in [0.3, 0.4) is 0 Å². The number of hydrogen-bond donors (Lipinski definition) is 5. The minimum atomic E-state index is -0.992. The minimum Gasteiger partial charge on any atom is -0.479 e. The number of aromatic nitrogens is 1. The van der Waals surface area contributed by atoms with Crippen LogP contribution >= 0.6 is 0 Å². The maximum absolute atomic E-state index is 14.3. The number of ether oxygens (including phenoxy) is 1. The molecule has 1 aromatic heterocycles. The summed E-state index contributed by atoms with van der Waals surface area (Å²) in [6, 6.07) is 5.69. The van der Waals surface area contributed by atoms with Crippen molar-refractivity contribution in [1.82, 2.24) is 10.4 Å². The number of halogens is 1. The number of pyridine rings is 1. The highest BCUT2D eigenvalue weighted by Gasteiger charge is 2.28. The standard InChI is InChI=1S/C25H30FN7O2/c1-13(27)18-9-20(33-30-2)23(28)17-6-5-16(26)8-19(17)22(12-34)35-21-7-15(11-32-25(21)29)24(18)31-10-14-3-4-14/h5-8,11,14,22,28,30,34H,3-4,9-10,12,27H2,1-2H3,(H2,29,32)/b18-13?,28-23?,31-24?,33-20-. The van der Waals surface area contributed by atoms with Gasteiger partial charge in [0, 0.05) is 54.2 Å². The lowest BCUT2D eigenvalue weighted by Crippen LogP contribution is -2.26. The van der Waals surface area contributed by atoms with Gasteiger partial charge in [0.05, 0.1) is 23.7 Å². The van der Waals surface area contributed by atoms with Crippen molar-refractivity contribution in [3.05, 3.63) is 64.2 Å². The predicted octanol–water partition coefficient (Wildman–Crippen LogP) is 2.69. The molecule has 35 heavy (non-hydrogen) atoms. The molecular weight excluding hydrogens is 449 g/mol. The van der Waals surface area contributed by atoms with Crippen LogP contribution in [0.5, 0.6) is 5.75 Å². The summed E-state index contributed by atoms with van der Waals surface area (Å²) in [6.45, 7) is 1.95.